The molecule has 3 aromatic rings. The average Bonchev–Trinajstić information content (AvgIpc) is 2.71. The van der Waals surface area contributed by atoms with E-state index in [1.54, 1.807) is 0 Å². The Morgan fingerprint density at radius 3 is 2.08 bits per heavy atom. The zero-order valence-electron chi connectivity index (χ0n) is 15.2. The predicted molar refractivity (Wildman–Crippen MR) is 111 cm³/mol. The van der Waals surface area contributed by atoms with Crippen LogP contribution in [0.1, 0.15) is 24.5 Å². The molecular formula is C24H25NSe. The van der Waals surface area contributed by atoms with Crippen LogP contribution < -0.4 is 4.46 Å². The van der Waals surface area contributed by atoms with Crippen molar-refractivity contribution in [2.75, 3.05) is 0 Å². The maximum atomic E-state index is 2.72. The molecule has 0 spiro atoms. The molecule has 1 aliphatic heterocycles. The average molecular weight is 406 g/mol. The number of hydrogen-bond donors (Lipinski definition) is 0. The van der Waals surface area contributed by atoms with E-state index in [4.69, 9.17) is 0 Å². The fourth-order valence-electron chi connectivity index (χ4n) is 4.00. The molecule has 0 N–H and O–H groups in total. The third kappa shape index (κ3) is 3.64. The molecule has 0 saturated carbocycles. The van der Waals surface area contributed by atoms with Gasteiger partial charge in [-0.15, -0.1) is 0 Å². The van der Waals surface area contributed by atoms with Crippen molar-refractivity contribution in [1.82, 2.24) is 4.90 Å². The second kappa shape index (κ2) is 7.80. The SMILES string of the molecule is C[C@]1(c2ccccc2)C[C@@H](C[Se]c2ccccc2)N1Cc1ccccc1. The molecule has 0 aliphatic carbocycles. The fraction of sp³-hybridized carbons (Fsp3) is 0.250. The van der Waals surface area contributed by atoms with E-state index in [-0.39, 0.29) is 5.54 Å². The second-order valence-electron chi connectivity index (χ2n) is 7.24. The molecule has 132 valence electrons. The maximum absolute atomic E-state index is 2.72. The Bertz CT molecular complexity index is 819. The molecule has 0 unspecified atom stereocenters. The molecule has 1 fully saturated rings. The molecule has 0 radical (unpaired) electrons. The first-order valence-electron chi connectivity index (χ1n) is 9.30. The number of rotatable bonds is 6. The minimum absolute atomic E-state index is 0.147. The van der Waals surface area contributed by atoms with Gasteiger partial charge in [0.05, 0.1) is 0 Å². The van der Waals surface area contributed by atoms with Gasteiger partial charge in [0, 0.05) is 0 Å². The second-order valence-corrected chi connectivity index (χ2v) is 9.53. The van der Waals surface area contributed by atoms with Crippen molar-refractivity contribution in [2.24, 2.45) is 0 Å². The molecule has 1 heterocycles. The summed E-state index contributed by atoms with van der Waals surface area (Å²) in [6.45, 7) is 3.44. The van der Waals surface area contributed by atoms with Gasteiger partial charge >= 0.3 is 163 Å². The van der Waals surface area contributed by atoms with Crippen LogP contribution in [0.4, 0.5) is 0 Å². The van der Waals surface area contributed by atoms with Gasteiger partial charge in [-0.2, -0.15) is 0 Å². The Kier molecular flexibility index (Phi) is 5.26. The topological polar surface area (TPSA) is 3.24 Å². The first-order valence-corrected chi connectivity index (χ1v) is 11.4. The van der Waals surface area contributed by atoms with E-state index in [2.05, 4.69) is 103 Å². The summed E-state index contributed by atoms with van der Waals surface area (Å²) in [5.74, 6) is 0. The summed E-state index contributed by atoms with van der Waals surface area (Å²) in [6.07, 6.45) is 1.25. The van der Waals surface area contributed by atoms with Crippen molar-refractivity contribution in [3.63, 3.8) is 0 Å². The Hall–Kier alpha value is -1.86. The molecule has 1 aliphatic rings. The van der Waals surface area contributed by atoms with Crippen LogP contribution in [0.15, 0.2) is 91.0 Å². The van der Waals surface area contributed by atoms with Crippen LogP contribution in [0.2, 0.25) is 5.32 Å². The Labute approximate surface area is 163 Å². The zero-order valence-corrected chi connectivity index (χ0v) is 16.9. The van der Waals surface area contributed by atoms with Crippen LogP contribution in [0.25, 0.3) is 0 Å². The van der Waals surface area contributed by atoms with Crippen molar-refractivity contribution in [3.8, 4) is 0 Å². The molecule has 0 bridgehead atoms. The van der Waals surface area contributed by atoms with Crippen molar-refractivity contribution < 1.29 is 0 Å². The van der Waals surface area contributed by atoms with Crippen LogP contribution in [0.3, 0.4) is 0 Å². The van der Waals surface area contributed by atoms with E-state index in [0.717, 1.165) is 6.54 Å². The van der Waals surface area contributed by atoms with E-state index < -0.39 is 0 Å². The van der Waals surface area contributed by atoms with E-state index in [1.807, 2.05) is 0 Å². The fourth-order valence-corrected chi connectivity index (χ4v) is 6.17. The molecule has 2 atom stereocenters. The van der Waals surface area contributed by atoms with Gasteiger partial charge in [0.15, 0.2) is 0 Å². The van der Waals surface area contributed by atoms with E-state index in [9.17, 15) is 0 Å². The molecule has 0 amide bonds. The standard InChI is InChI=1S/C24H25NSe/c1-24(21-13-7-3-8-14-21)17-22(19-26-23-15-9-4-10-16-23)25(24)18-20-11-5-2-6-12-20/h2-16,22H,17-19H2,1H3/t22-,24+/m0/s1. The summed E-state index contributed by atoms with van der Waals surface area (Å²) in [7, 11) is 0. The van der Waals surface area contributed by atoms with Crippen LogP contribution in [0.5, 0.6) is 0 Å². The number of benzene rings is 3. The van der Waals surface area contributed by atoms with Crippen LogP contribution in [-0.4, -0.2) is 25.9 Å². The van der Waals surface area contributed by atoms with Gasteiger partial charge in [0.1, 0.15) is 0 Å². The van der Waals surface area contributed by atoms with Crippen LogP contribution in [0, 0.1) is 0 Å². The van der Waals surface area contributed by atoms with Crippen LogP contribution >= 0.6 is 0 Å². The zero-order chi connectivity index (χ0) is 17.8. The summed E-state index contributed by atoms with van der Waals surface area (Å²) in [4.78, 5) is 2.72. The Morgan fingerprint density at radius 1 is 0.846 bits per heavy atom. The quantitative estimate of drug-likeness (QED) is 0.540. The predicted octanol–water partition coefficient (Wildman–Crippen LogP) is 4.62. The molecule has 1 nitrogen and oxygen atoms in total. The number of nitrogens with zero attached hydrogens (tertiary/aromatic N) is 1. The number of likely N-dealkylation sites (tertiary alicyclic amines) is 1. The van der Waals surface area contributed by atoms with Crippen molar-refractivity contribution in [2.45, 2.75) is 36.8 Å². The molecule has 26 heavy (non-hydrogen) atoms. The summed E-state index contributed by atoms with van der Waals surface area (Å²) in [5, 5.41) is 1.28. The van der Waals surface area contributed by atoms with E-state index in [1.165, 1.54) is 27.3 Å². The van der Waals surface area contributed by atoms with Gasteiger partial charge in [0.2, 0.25) is 0 Å². The summed E-state index contributed by atoms with van der Waals surface area (Å²) in [5.41, 5.74) is 3.00. The molecule has 1 saturated heterocycles. The van der Waals surface area contributed by atoms with Crippen LogP contribution in [-0.2, 0) is 12.1 Å². The van der Waals surface area contributed by atoms with E-state index in [0.29, 0.717) is 21.0 Å². The van der Waals surface area contributed by atoms with Crippen molar-refractivity contribution in [1.29, 1.82) is 0 Å². The van der Waals surface area contributed by atoms with Gasteiger partial charge in [-0.05, 0) is 0 Å². The van der Waals surface area contributed by atoms with Crippen molar-refractivity contribution in [3.05, 3.63) is 102 Å². The third-order valence-corrected chi connectivity index (χ3v) is 7.91. The van der Waals surface area contributed by atoms with E-state index >= 15 is 0 Å². The monoisotopic (exact) mass is 407 g/mol. The molecule has 4 rings (SSSR count). The Morgan fingerprint density at radius 2 is 1.42 bits per heavy atom. The molecule has 2 heteroatoms. The van der Waals surface area contributed by atoms with Gasteiger partial charge < -0.3 is 0 Å². The first kappa shape index (κ1) is 17.5. The normalized spacial score (nSPS) is 22.7. The summed E-state index contributed by atoms with van der Waals surface area (Å²) in [6, 6.07) is 33.6. The summed E-state index contributed by atoms with van der Waals surface area (Å²) < 4.78 is 1.51. The molecular weight excluding hydrogens is 381 g/mol. The van der Waals surface area contributed by atoms with Gasteiger partial charge in [-0.3, -0.25) is 0 Å². The third-order valence-electron chi connectivity index (χ3n) is 5.48. The summed E-state index contributed by atoms with van der Waals surface area (Å²) >= 11 is 0.541. The van der Waals surface area contributed by atoms with Gasteiger partial charge in [-0.1, -0.05) is 0 Å². The minimum atomic E-state index is 0.147. The van der Waals surface area contributed by atoms with Gasteiger partial charge in [0.25, 0.3) is 0 Å². The molecule has 3 aromatic carbocycles. The Balaban J connectivity index is 1.53. The van der Waals surface area contributed by atoms with Gasteiger partial charge in [-0.25, -0.2) is 0 Å². The molecule has 0 aromatic heterocycles. The first-order chi connectivity index (χ1) is 12.8. The van der Waals surface area contributed by atoms with Crippen molar-refractivity contribution >= 4 is 19.4 Å². The number of hydrogen-bond acceptors (Lipinski definition) is 1.